The molecule has 1 N–H and O–H groups in total. The van der Waals surface area contributed by atoms with E-state index in [-0.39, 0.29) is 19.0 Å². The van der Waals surface area contributed by atoms with Gasteiger partial charge in [-0.25, -0.2) is 14.4 Å². The van der Waals surface area contributed by atoms with Gasteiger partial charge in [-0.05, 0) is 17.5 Å². The molecule has 0 bridgehead atoms. The lowest BCUT2D eigenvalue weighted by molar-refractivity contribution is 0.0997. The van der Waals surface area contributed by atoms with Gasteiger partial charge in [0.1, 0.15) is 23.1 Å². The Morgan fingerprint density at radius 3 is 2.86 bits per heavy atom. The molecule has 0 aliphatic carbocycles. The van der Waals surface area contributed by atoms with Crippen molar-refractivity contribution in [3.63, 3.8) is 0 Å². The molecule has 0 atom stereocenters. The average Bonchev–Trinajstić information content (AvgIpc) is 2.97. The first-order valence-corrected chi connectivity index (χ1v) is 7.39. The zero-order chi connectivity index (χ0) is 14.7. The van der Waals surface area contributed by atoms with Gasteiger partial charge in [0.05, 0.1) is 12.0 Å². The highest BCUT2D eigenvalue weighted by Gasteiger charge is 2.08. The van der Waals surface area contributed by atoms with Crippen molar-refractivity contribution in [3.05, 3.63) is 52.9 Å². The Hall–Kier alpha value is -2.05. The number of rotatable bonds is 5. The second-order valence-electron chi connectivity index (χ2n) is 4.46. The lowest BCUT2D eigenvalue weighted by Gasteiger charge is -2.07. The zero-order valence-corrected chi connectivity index (χ0v) is 12.3. The van der Waals surface area contributed by atoms with E-state index in [9.17, 15) is 4.39 Å². The fourth-order valence-electron chi connectivity index (χ4n) is 2.02. The van der Waals surface area contributed by atoms with E-state index in [0.717, 1.165) is 16.0 Å². The summed E-state index contributed by atoms with van der Waals surface area (Å²) in [7, 11) is 1.82. The monoisotopic (exact) mass is 303 g/mol. The van der Waals surface area contributed by atoms with Crippen molar-refractivity contribution < 1.29 is 9.13 Å². The maximum Gasteiger partial charge on any atom is 0.158 e. The Labute approximate surface area is 125 Å². The quantitative estimate of drug-likeness (QED) is 0.782. The molecule has 0 aliphatic rings. The third kappa shape index (κ3) is 3.01. The lowest BCUT2D eigenvalue weighted by Crippen LogP contribution is -2.03. The predicted octanol–water partition coefficient (Wildman–Crippen LogP) is 3.59. The van der Waals surface area contributed by atoms with Crippen LogP contribution in [0.3, 0.4) is 0 Å². The minimum absolute atomic E-state index is 0.202. The Bertz CT molecular complexity index is 760. The number of fused-ring (bicyclic) bond motifs is 1. The van der Waals surface area contributed by atoms with E-state index in [1.54, 1.807) is 29.5 Å². The summed E-state index contributed by atoms with van der Waals surface area (Å²) in [5.41, 5.74) is 0.531. The molecule has 0 radical (unpaired) electrons. The number of hydrogen-bond acceptors (Lipinski definition) is 5. The third-order valence-corrected chi connectivity index (χ3v) is 3.86. The SMILES string of the molecule is CNc1nc(COCc2ccccc2F)nc2sccc12. The van der Waals surface area contributed by atoms with Crippen LogP contribution in [0.1, 0.15) is 11.4 Å². The summed E-state index contributed by atoms with van der Waals surface area (Å²) in [4.78, 5) is 9.77. The Kier molecular flexibility index (Phi) is 4.08. The van der Waals surface area contributed by atoms with Gasteiger partial charge in [-0.15, -0.1) is 11.3 Å². The number of ether oxygens (including phenoxy) is 1. The molecule has 1 aromatic carbocycles. The molecule has 3 rings (SSSR count). The maximum atomic E-state index is 13.5. The van der Waals surface area contributed by atoms with Crippen LogP contribution in [0.2, 0.25) is 0 Å². The normalized spacial score (nSPS) is 11.0. The van der Waals surface area contributed by atoms with E-state index in [4.69, 9.17) is 4.74 Å². The van der Waals surface area contributed by atoms with Crippen LogP contribution in [-0.2, 0) is 18.0 Å². The summed E-state index contributed by atoms with van der Waals surface area (Å²) in [5, 5.41) is 6.03. The van der Waals surface area contributed by atoms with E-state index in [1.165, 1.54) is 6.07 Å². The fourth-order valence-corrected chi connectivity index (χ4v) is 2.81. The molecule has 2 heterocycles. The minimum atomic E-state index is -0.261. The molecule has 2 aromatic heterocycles. The molecule has 0 aliphatic heterocycles. The van der Waals surface area contributed by atoms with E-state index < -0.39 is 0 Å². The molecule has 3 aromatic rings. The van der Waals surface area contributed by atoms with Gasteiger partial charge in [0.2, 0.25) is 0 Å². The number of thiophene rings is 1. The average molecular weight is 303 g/mol. The highest BCUT2D eigenvalue weighted by Crippen LogP contribution is 2.24. The van der Waals surface area contributed by atoms with E-state index in [2.05, 4.69) is 15.3 Å². The standard InChI is InChI=1S/C15H14FN3OS/c1-17-14-11-6-7-21-15(11)19-13(18-14)9-20-8-10-4-2-3-5-12(10)16/h2-7H,8-9H2,1H3,(H,17,18,19). The highest BCUT2D eigenvalue weighted by molar-refractivity contribution is 7.16. The number of anilines is 1. The molecule has 0 amide bonds. The summed E-state index contributed by atoms with van der Waals surface area (Å²) < 4.78 is 19.0. The van der Waals surface area contributed by atoms with Crippen LogP contribution in [0, 0.1) is 5.82 Å². The lowest BCUT2D eigenvalue weighted by atomic mass is 10.2. The van der Waals surface area contributed by atoms with Crippen LogP contribution >= 0.6 is 11.3 Å². The number of nitrogens with zero attached hydrogens (tertiary/aromatic N) is 2. The number of benzene rings is 1. The second-order valence-corrected chi connectivity index (χ2v) is 5.36. The molecule has 0 unspecified atom stereocenters. The Morgan fingerprint density at radius 2 is 2.05 bits per heavy atom. The number of aromatic nitrogens is 2. The molecule has 6 heteroatoms. The molecule has 0 spiro atoms. The van der Waals surface area contributed by atoms with Crippen molar-refractivity contribution in [2.75, 3.05) is 12.4 Å². The van der Waals surface area contributed by atoms with Crippen molar-refractivity contribution in [2.45, 2.75) is 13.2 Å². The van der Waals surface area contributed by atoms with Gasteiger partial charge in [0.25, 0.3) is 0 Å². The molecule has 108 valence electrons. The van der Waals surface area contributed by atoms with Crippen LogP contribution in [0.5, 0.6) is 0 Å². The second kappa shape index (κ2) is 6.15. The summed E-state index contributed by atoms with van der Waals surface area (Å²) in [6.45, 7) is 0.449. The van der Waals surface area contributed by atoms with E-state index in [0.29, 0.717) is 11.4 Å². The van der Waals surface area contributed by atoms with Gasteiger partial charge >= 0.3 is 0 Å². The summed E-state index contributed by atoms with van der Waals surface area (Å²) >= 11 is 1.56. The molecule has 0 saturated heterocycles. The topological polar surface area (TPSA) is 47.0 Å². The van der Waals surface area contributed by atoms with Crippen LogP contribution in [0.4, 0.5) is 10.2 Å². The molecule has 21 heavy (non-hydrogen) atoms. The summed E-state index contributed by atoms with van der Waals surface area (Å²) in [6.07, 6.45) is 0. The van der Waals surface area contributed by atoms with Crippen molar-refractivity contribution in [3.8, 4) is 0 Å². The first-order valence-electron chi connectivity index (χ1n) is 6.51. The van der Waals surface area contributed by atoms with Crippen molar-refractivity contribution in [1.82, 2.24) is 9.97 Å². The Balaban J connectivity index is 1.72. The van der Waals surface area contributed by atoms with Gasteiger partial charge in [-0.3, -0.25) is 0 Å². The summed E-state index contributed by atoms with van der Waals surface area (Å²) in [6, 6.07) is 8.56. The predicted molar refractivity (Wildman–Crippen MR) is 81.9 cm³/mol. The number of nitrogens with one attached hydrogen (secondary N) is 1. The van der Waals surface area contributed by atoms with E-state index >= 15 is 0 Å². The van der Waals surface area contributed by atoms with Crippen LogP contribution < -0.4 is 5.32 Å². The molecule has 0 fully saturated rings. The molecule has 4 nitrogen and oxygen atoms in total. The number of hydrogen-bond donors (Lipinski definition) is 1. The van der Waals surface area contributed by atoms with Crippen LogP contribution in [-0.4, -0.2) is 17.0 Å². The number of halogens is 1. The minimum Gasteiger partial charge on any atom is -0.372 e. The smallest absolute Gasteiger partial charge is 0.158 e. The molecular formula is C15H14FN3OS. The summed E-state index contributed by atoms with van der Waals surface area (Å²) in [5.74, 6) is 1.11. The van der Waals surface area contributed by atoms with Gasteiger partial charge < -0.3 is 10.1 Å². The van der Waals surface area contributed by atoms with Gasteiger partial charge in [-0.2, -0.15) is 0 Å². The van der Waals surface area contributed by atoms with Gasteiger partial charge in [0.15, 0.2) is 5.82 Å². The first kappa shape index (κ1) is 13.9. The van der Waals surface area contributed by atoms with Crippen molar-refractivity contribution in [1.29, 1.82) is 0 Å². The first-order chi connectivity index (χ1) is 10.3. The third-order valence-electron chi connectivity index (χ3n) is 3.05. The fraction of sp³-hybridized carbons (Fsp3) is 0.200. The van der Waals surface area contributed by atoms with Gasteiger partial charge in [-0.1, -0.05) is 18.2 Å². The highest BCUT2D eigenvalue weighted by atomic mass is 32.1. The van der Waals surface area contributed by atoms with Crippen LogP contribution in [0.15, 0.2) is 35.7 Å². The van der Waals surface area contributed by atoms with Crippen LogP contribution in [0.25, 0.3) is 10.2 Å². The van der Waals surface area contributed by atoms with Gasteiger partial charge in [0, 0.05) is 12.6 Å². The maximum absolute atomic E-state index is 13.5. The zero-order valence-electron chi connectivity index (χ0n) is 11.5. The molecular weight excluding hydrogens is 289 g/mol. The van der Waals surface area contributed by atoms with Crippen molar-refractivity contribution in [2.24, 2.45) is 0 Å². The van der Waals surface area contributed by atoms with E-state index in [1.807, 2.05) is 18.5 Å². The van der Waals surface area contributed by atoms with Crippen molar-refractivity contribution >= 4 is 27.4 Å². The Morgan fingerprint density at radius 1 is 1.19 bits per heavy atom. The largest absolute Gasteiger partial charge is 0.372 e. The molecule has 0 saturated carbocycles.